The second kappa shape index (κ2) is 6.04. The third-order valence-corrected chi connectivity index (χ3v) is 4.55. The van der Waals surface area contributed by atoms with Crippen LogP contribution in [0.3, 0.4) is 0 Å². The molecule has 0 aromatic carbocycles. The number of rotatable bonds is 4. The molecule has 0 saturated heterocycles. The molecule has 2 aliphatic carbocycles. The summed E-state index contributed by atoms with van der Waals surface area (Å²) in [5.41, 5.74) is 1.60. The lowest BCUT2D eigenvalue weighted by molar-refractivity contribution is 0.364. The molecule has 0 bridgehead atoms. The number of hydrogen-bond acceptors (Lipinski definition) is 1. The fourth-order valence-electron chi connectivity index (χ4n) is 3.84. The lowest BCUT2D eigenvalue weighted by Gasteiger charge is -2.26. The molecule has 4 atom stereocenters. The summed E-state index contributed by atoms with van der Waals surface area (Å²) >= 11 is 0. The first-order valence-electron chi connectivity index (χ1n) is 7.51. The quantitative estimate of drug-likeness (QED) is 0.726. The fourth-order valence-corrected chi connectivity index (χ4v) is 3.84. The van der Waals surface area contributed by atoms with Crippen LogP contribution in [0, 0.1) is 23.7 Å². The van der Waals surface area contributed by atoms with Crippen molar-refractivity contribution in [3.63, 3.8) is 0 Å². The third kappa shape index (κ3) is 4.13. The van der Waals surface area contributed by atoms with Crippen molar-refractivity contribution in [3.05, 3.63) is 11.6 Å². The molecule has 0 heterocycles. The Morgan fingerprint density at radius 2 is 1.88 bits per heavy atom. The zero-order chi connectivity index (χ0) is 12.3. The van der Waals surface area contributed by atoms with Gasteiger partial charge in [-0.05, 0) is 69.4 Å². The van der Waals surface area contributed by atoms with Gasteiger partial charge in [0, 0.05) is 0 Å². The molecule has 1 saturated carbocycles. The molecule has 4 unspecified atom stereocenters. The summed E-state index contributed by atoms with van der Waals surface area (Å²) in [6.07, 6.45) is 9.51. The molecule has 1 heteroatoms. The van der Waals surface area contributed by atoms with Crippen molar-refractivity contribution in [3.8, 4) is 0 Å². The zero-order valence-corrected chi connectivity index (χ0v) is 11.8. The van der Waals surface area contributed by atoms with E-state index in [2.05, 4.69) is 32.2 Å². The standard InChI is InChI=1S/C16H29N/c1-12-4-5-15(7-12)10-17-11-16-8-13(2)6-14(3)9-16/h6,12-13,15-17H,4-5,7-11H2,1-3H3. The van der Waals surface area contributed by atoms with Crippen LogP contribution in [-0.4, -0.2) is 13.1 Å². The van der Waals surface area contributed by atoms with E-state index in [9.17, 15) is 0 Å². The molecule has 2 aliphatic rings. The Balaban J connectivity index is 1.64. The Morgan fingerprint density at radius 1 is 1.12 bits per heavy atom. The van der Waals surface area contributed by atoms with E-state index in [-0.39, 0.29) is 0 Å². The van der Waals surface area contributed by atoms with Gasteiger partial charge in [-0.3, -0.25) is 0 Å². The van der Waals surface area contributed by atoms with E-state index in [0.717, 1.165) is 23.7 Å². The largest absolute Gasteiger partial charge is 0.316 e. The van der Waals surface area contributed by atoms with Crippen LogP contribution in [0.25, 0.3) is 0 Å². The van der Waals surface area contributed by atoms with E-state index < -0.39 is 0 Å². The van der Waals surface area contributed by atoms with Crippen LogP contribution < -0.4 is 5.32 Å². The highest BCUT2D eigenvalue weighted by Crippen LogP contribution is 2.30. The number of hydrogen-bond donors (Lipinski definition) is 1. The molecule has 17 heavy (non-hydrogen) atoms. The highest BCUT2D eigenvalue weighted by Gasteiger charge is 2.22. The molecule has 0 radical (unpaired) electrons. The summed E-state index contributed by atoms with van der Waals surface area (Å²) < 4.78 is 0. The van der Waals surface area contributed by atoms with E-state index in [0.29, 0.717) is 0 Å². The van der Waals surface area contributed by atoms with Gasteiger partial charge in [0.2, 0.25) is 0 Å². The minimum absolute atomic E-state index is 0.794. The lowest BCUT2D eigenvalue weighted by Crippen LogP contribution is -2.29. The van der Waals surface area contributed by atoms with Gasteiger partial charge in [-0.1, -0.05) is 31.9 Å². The molecule has 2 rings (SSSR count). The summed E-state index contributed by atoms with van der Waals surface area (Å²) in [4.78, 5) is 0. The maximum absolute atomic E-state index is 3.73. The molecule has 0 amide bonds. The molecule has 0 spiro atoms. The summed E-state index contributed by atoms with van der Waals surface area (Å²) in [5, 5.41) is 3.73. The first-order valence-corrected chi connectivity index (χ1v) is 7.51. The predicted octanol–water partition coefficient (Wildman–Crippen LogP) is 4.00. The first-order chi connectivity index (χ1) is 8.13. The smallest absolute Gasteiger partial charge is 0.00171 e. The highest BCUT2D eigenvalue weighted by molar-refractivity contribution is 5.06. The van der Waals surface area contributed by atoms with Crippen molar-refractivity contribution in [1.82, 2.24) is 5.32 Å². The zero-order valence-electron chi connectivity index (χ0n) is 11.8. The van der Waals surface area contributed by atoms with Crippen LogP contribution in [0.4, 0.5) is 0 Å². The molecule has 0 aromatic rings. The maximum atomic E-state index is 3.73. The molecule has 1 nitrogen and oxygen atoms in total. The van der Waals surface area contributed by atoms with Crippen molar-refractivity contribution in [2.45, 2.75) is 52.9 Å². The lowest BCUT2D eigenvalue weighted by atomic mass is 9.83. The molecule has 1 fully saturated rings. The van der Waals surface area contributed by atoms with Gasteiger partial charge in [0.15, 0.2) is 0 Å². The fraction of sp³-hybridized carbons (Fsp3) is 0.875. The SMILES string of the molecule is CC1=CC(C)CC(CNCC2CCC(C)C2)C1. The summed E-state index contributed by atoms with van der Waals surface area (Å²) in [7, 11) is 0. The Hall–Kier alpha value is -0.300. The molecule has 0 aliphatic heterocycles. The van der Waals surface area contributed by atoms with E-state index in [4.69, 9.17) is 0 Å². The average Bonchev–Trinajstić information content (AvgIpc) is 2.63. The average molecular weight is 235 g/mol. The van der Waals surface area contributed by atoms with E-state index in [1.165, 1.54) is 45.2 Å². The van der Waals surface area contributed by atoms with Crippen LogP contribution in [0.1, 0.15) is 52.9 Å². The predicted molar refractivity (Wildman–Crippen MR) is 75.0 cm³/mol. The molecule has 0 aromatic heterocycles. The second-order valence-corrected chi connectivity index (χ2v) is 6.74. The van der Waals surface area contributed by atoms with Crippen LogP contribution in [0.2, 0.25) is 0 Å². The van der Waals surface area contributed by atoms with Crippen LogP contribution >= 0.6 is 0 Å². The van der Waals surface area contributed by atoms with Crippen molar-refractivity contribution in [2.75, 3.05) is 13.1 Å². The van der Waals surface area contributed by atoms with Gasteiger partial charge in [0.25, 0.3) is 0 Å². The number of allylic oxidation sites excluding steroid dienone is 2. The normalized spacial score (nSPS) is 38.2. The Morgan fingerprint density at radius 3 is 2.53 bits per heavy atom. The Bertz CT molecular complexity index is 269. The van der Waals surface area contributed by atoms with Gasteiger partial charge in [0.05, 0.1) is 0 Å². The highest BCUT2D eigenvalue weighted by atomic mass is 14.9. The summed E-state index contributed by atoms with van der Waals surface area (Å²) in [6.45, 7) is 9.55. The van der Waals surface area contributed by atoms with Crippen LogP contribution in [0.5, 0.6) is 0 Å². The number of nitrogens with one attached hydrogen (secondary N) is 1. The third-order valence-electron chi connectivity index (χ3n) is 4.55. The van der Waals surface area contributed by atoms with E-state index in [1.807, 2.05) is 0 Å². The minimum Gasteiger partial charge on any atom is -0.316 e. The van der Waals surface area contributed by atoms with Crippen molar-refractivity contribution in [2.24, 2.45) is 23.7 Å². The molecular weight excluding hydrogens is 206 g/mol. The second-order valence-electron chi connectivity index (χ2n) is 6.74. The molecule has 98 valence electrons. The van der Waals surface area contributed by atoms with Gasteiger partial charge < -0.3 is 5.32 Å². The topological polar surface area (TPSA) is 12.0 Å². The van der Waals surface area contributed by atoms with Crippen LogP contribution in [0.15, 0.2) is 11.6 Å². The van der Waals surface area contributed by atoms with Crippen molar-refractivity contribution < 1.29 is 0 Å². The Kier molecular flexibility index (Phi) is 4.67. The summed E-state index contributed by atoms with van der Waals surface area (Å²) in [6, 6.07) is 0. The van der Waals surface area contributed by atoms with Gasteiger partial charge in [-0.2, -0.15) is 0 Å². The van der Waals surface area contributed by atoms with Crippen molar-refractivity contribution >= 4 is 0 Å². The maximum Gasteiger partial charge on any atom is -0.00171 e. The minimum atomic E-state index is 0.794. The van der Waals surface area contributed by atoms with Crippen LogP contribution in [-0.2, 0) is 0 Å². The van der Waals surface area contributed by atoms with E-state index >= 15 is 0 Å². The molecular formula is C16H29N. The Labute approximate surface area is 107 Å². The van der Waals surface area contributed by atoms with Crippen molar-refractivity contribution in [1.29, 1.82) is 0 Å². The summed E-state index contributed by atoms with van der Waals surface area (Å²) in [5.74, 6) is 3.61. The van der Waals surface area contributed by atoms with Gasteiger partial charge >= 0.3 is 0 Å². The van der Waals surface area contributed by atoms with Gasteiger partial charge in [-0.15, -0.1) is 0 Å². The molecule has 1 N–H and O–H groups in total. The van der Waals surface area contributed by atoms with Gasteiger partial charge in [-0.25, -0.2) is 0 Å². The van der Waals surface area contributed by atoms with Gasteiger partial charge in [0.1, 0.15) is 0 Å². The monoisotopic (exact) mass is 235 g/mol. The first kappa shape index (κ1) is 13.1. The van der Waals surface area contributed by atoms with E-state index in [1.54, 1.807) is 5.57 Å².